The molecule has 0 bridgehead atoms. The number of benzene rings is 4. The lowest BCUT2D eigenvalue weighted by Gasteiger charge is -2.42. The molecule has 0 aromatic heterocycles. The predicted octanol–water partition coefficient (Wildman–Crippen LogP) is 7.50. The lowest BCUT2D eigenvalue weighted by molar-refractivity contribution is 0.702. The molecule has 0 atom stereocenters. The molecule has 1 aliphatic carbocycles. The van der Waals surface area contributed by atoms with E-state index >= 15 is 0 Å². The Balaban J connectivity index is 1.99. The minimum atomic E-state index is -0.348. The van der Waals surface area contributed by atoms with Crippen LogP contribution < -0.4 is 0 Å². The van der Waals surface area contributed by atoms with Crippen LogP contribution in [-0.2, 0) is 11.8 Å². The van der Waals surface area contributed by atoms with E-state index in [1.54, 1.807) is 0 Å². The molecule has 4 aromatic rings. The number of hydrogen-bond donors (Lipinski definition) is 0. The van der Waals surface area contributed by atoms with Gasteiger partial charge in [0.2, 0.25) is 0 Å². The van der Waals surface area contributed by atoms with Gasteiger partial charge < -0.3 is 0 Å². The summed E-state index contributed by atoms with van der Waals surface area (Å²) in [6.07, 6.45) is 0.951. The highest BCUT2D eigenvalue weighted by Gasteiger charge is 2.43. The number of fused-ring (bicyclic) bond motifs is 2. The van der Waals surface area contributed by atoms with E-state index < -0.39 is 0 Å². The van der Waals surface area contributed by atoms with Crippen molar-refractivity contribution in [3.63, 3.8) is 0 Å². The summed E-state index contributed by atoms with van der Waals surface area (Å²) < 4.78 is 2.22. The van der Waals surface area contributed by atoms with Crippen LogP contribution in [0, 0.1) is 0 Å². The molecule has 0 saturated heterocycles. The molecular weight excluding hydrogens is 472 g/mol. The summed E-state index contributed by atoms with van der Waals surface area (Å²) in [5.74, 6) is 0. The van der Waals surface area contributed by atoms with Crippen molar-refractivity contribution in [1.29, 1.82) is 0 Å². The summed E-state index contributed by atoms with van der Waals surface area (Å²) in [7, 11) is 0. The summed E-state index contributed by atoms with van der Waals surface area (Å²) in [5.41, 5.74) is 7.70. The van der Waals surface area contributed by atoms with Gasteiger partial charge >= 0.3 is 0 Å². The number of hydrogen-bond acceptors (Lipinski definition) is 0. The van der Waals surface area contributed by atoms with E-state index in [1.165, 1.54) is 33.4 Å². The van der Waals surface area contributed by atoms with Crippen LogP contribution >= 0.6 is 31.9 Å². The van der Waals surface area contributed by atoms with Crippen molar-refractivity contribution in [3.8, 4) is 0 Å². The molecule has 136 valence electrons. The van der Waals surface area contributed by atoms with Crippen LogP contribution in [0.25, 0.3) is 0 Å². The smallest absolute Gasteiger partial charge is 0.0622 e. The first-order chi connectivity index (χ1) is 13.7. The Labute approximate surface area is 182 Å². The van der Waals surface area contributed by atoms with E-state index in [4.69, 9.17) is 0 Å². The Morgan fingerprint density at radius 3 is 1.39 bits per heavy atom. The van der Waals surface area contributed by atoms with Gasteiger partial charge in [-0.05, 0) is 64.1 Å². The first-order valence-electron chi connectivity index (χ1n) is 9.38. The Morgan fingerprint density at radius 1 is 0.536 bits per heavy atom. The summed E-state index contributed by atoms with van der Waals surface area (Å²) in [6, 6.07) is 35.2. The summed E-state index contributed by atoms with van der Waals surface area (Å²) in [6.45, 7) is 0. The highest BCUT2D eigenvalue weighted by molar-refractivity contribution is 9.10. The first-order valence-corrected chi connectivity index (χ1v) is 11.0. The second-order valence-corrected chi connectivity index (χ2v) is 9.09. The molecule has 0 saturated carbocycles. The average Bonchev–Trinajstić information content (AvgIpc) is 2.74. The average molecular weight is 490 g/mol. The Bertz CT molecular complexity index is 1050. The molecular formula is C26H18Br2. The van der Waals surface area contributed by atoms with Gasteiger partial charge in [-0.3, -0.25) is 0 Å². The van der Waals surface area contributed by atoms with Crippen molar-refractivity contribution in [3.05, 3.63) is 139 Å². The molecule has 0 heterocycles. The standard InChI is InChI=1S/C26H18Br2/c27-22-13-11-18-15-19-12-14-23(28)17-25(19)26(24(18)16-22,20-7-3-1-4-8-20)21-9-5-2-6-10-21/h1-14,16-17H,15H2. The van der Waals surface area contributed by atoms with Crippen molar-refractivity contribution < 1.29 is 0 Å². The van der Waals surface area contributed by atoms with Gasteiger partial charge in [-0.15, -0.1) is 0 Å². The van der Waals surface area contributed by atoms with Crippen LogP contribution in [0.3, 0.4) is 0 Å². The van der Waals surface area contributed by atoms with Crippen molar-refractivity contribution >= 4 is 31.9 Å². The maximum atomic E-state index is 3.73. The third kappa shape index (κ3) is 2.70. The van der Waals surface area contributed by atoms with E-state index in [0.29, 0.717) is 0 Å². The minimum absolute atomic E-state index is 0.348. The number of halogens is 2. The molecule has 0 aliphatic heterocycles. The molecule has 1 aliphatic rings. The zero-order valence-corrected chi connectivity index (χ0v) is 18.4. The number of rotatable bonds is 2. The summed E-state index contributed by atoms with van der Waals surface area (Å²) in [5, 5.41) is 0. The van der Waals surface area contributed by atoms with Gasteiger partial charge in [-0.2, -0.15) is 0 Å². The Hall–Kier alpha value is -2.16. The molecule has 0 nitrogen and oxygen atoms in total. The van der Waals surface area contributed by atoms with Gasteiger partial charge in [0.15, 0.2) is 0 Å². The minimum Gasteiger partial charge on any atom is -0.0622 e. The van der Waals surface area contributed by atoms with E-state index in [-0.39, 0.29) is 5.41 Å². The Kier molecular flexibility index (Phi) is 4.49. The first kappa shape index (κ1) is 17.9. The van der Waals surface area contributed by atoms with E-state index in [1.807, 2.05) is 0 Å². The fourth-order valence-electron chi connectivity index (χ4n) is 4.62. The van der Waals surface area contributed by atoms with Gasteiger partial charge in [0.1, 0.15) is 0 Å². The maximum Gasteiger partial charge on any atom is 0.0707 e. The van der Waals surface area contributed by atoms with Crippen molar-refractivity contribution in [2.45, 2.75) is 11.8 Å². The van der Waals surface area contributed by atoms with Crippen LogP contribution in [-0.4, -0.2) is 0 Å². The second-order valence-electron chi connectivity index (χ2n) is 7.26. The lowest BCUT2D eigenvalue weighted by atomic mass is 9.60. The summed E-state index contributed by atoms with van der Waals surface area (Å²) >= 11 is 7.46. The molecule has 5 rings (SSSR count). The molecule has 0 amide bonds. The quantitative estimate of drug-likeness (QED) is 0.241. The third-order valence-electron chi connectivity index (χ3n) is 5.75. The van der Waals surface area contributed by atoms with Crippen molar-refractivity contribution in [2.24, 2.45) is 0 Å². The molecule has 4 aromatic carbocycles. The van der Waals surface area contributed by atoms with Crippen molar-refractivity contribution in [1.82, 2.24) is 0 Å². The Morgan fingerprint density at radius 2 is 0.964 bits per heavy atom. The van der Waals surface area contributed by atoms with E-state index in [2.05, 4.69) is 129 Å². The second kappa shape index (κ2) is 7.02. The van der Waals surface area contributed by atoms with E-state index in [0.717, 1.165) is 15.4 Å². The van der Waals surface area contributed by atoms with Gasteiger partial charge in [-0.25, -0.2) is 0 Å². The zero-order chi connectivity index (χ0) is 19.1. The van der Waals surface area contributed by atoms with Crippen LogP contribution in [0.4, 0.5) is 0 Å². The SMILES string of the molecule is Brc1ccc2c(c1)C(c1ccccc1)(c1ccccc1)c1cc(Br)ccc1C2. The van der Waals surface area contributed by atoms with Crippen LogP contribution in [0.15, 0.2) is 106 Å². The maximum absolute atomic E-state index is 3.73. The lowest BCUT2D eigenvalue weighted by Crippen LogP contribution is -2.36. The van der Waals surface area contributed by atoms with Gasteiger partial charge in [0.05, 0.1) is 5.41 Å². The van der Waals surface area contributed by atoms with Gasteiger partial charge in [0, 0.05) is 8.95 Å². The highest BCUT2D eigenvalue weighted by atomic mass is 79.9. The third-order valence-corrected chi connectivity index (χ3v) is 6.73. The molecule has 0 fully saturated rings. The molecule has 0 unspecified atom stereocenters. The van der Waals surface area contributed by atoms with Crippen LogP contribution in [0.1, 0.15) is 33.4 Å². The van der Waals surface area contributed by atoms with Crippen molar-refractivity contribution in [2.75, 3.05) is 0 Å². The molecule has 0 N–H and O–H groups in total. The van der Waals surface area contributed by atoms with E-state index in [9.17, 15) is 0 Å². The monoisotopic (exact) mass is 488 g/mol. The predicted molar refractivity (Wildman–Crippen MR) is 123 cm³/mol. The highest BCUT2D eigenvalue weighted by Crippen LogP contribution is 2.51. The van der Waals surface area contributed by atoms with Gasteiger partial charge in [-0.1, -0.05) is 105 Å². The molecule has 0 radical (unpaired) electrons. The largest absolute Gasteiger partial charge is 0.0707 e. The zero-order valence-electron chi connectivity index (χ0n) is 15.2. The summed E-state index contributed by atoms with van der Waals surface area (Å²) in [4.78, 5) is 0. The normalized spacial score (nSPS) is 14.2. The topological polar surface area (TPSA) is 0 Å². The fraction of sp³-hybridized carbons (Fsp3) is 0.0769. The van der Waals surface area contributed by atoms with Gasteiger partial charge in [0.25, 0.3) is 0 Å². The molecule has 2 heteroatoms. The van der Waals surface area contributed by atoms with Crippen LogP contribution in [0.2, 0.25) is 0 Å². The molecule has 28 heavy (non-hydrogen) atoms. The molecule has 0 spiro atoms. The fourth-order valence-corrected chi connectivity index (χ4v) is 5.34. The van der Waals surface area contributed by atoms with Crippen LogP contribution in [0.5, 0.6) is 0 Å².